The summed E-state index contributed by atoms with van der Waals surface area (Å²) in [7, 11) is 4.01. The average Bonchev–Trinajstić information content (AvgIpc) is 2.46. The molecule has 3 heteroatoms. The first kappa shape index (κ1) is 12.6. The van der Waals surface area contributed by atoms with E-state index in [4.69, 9.17) is 9.98 Å². The molecule has 20 heavy (non-hydrogen) atoms. The molecule has 0 N–H and O–H groups in total. The number of aromatic nitrogens is 1. The Morgan fingerprint density at radius 2 is 1.40 bits per heavy atom. The van der Waals surface area contributed by atoms with Crippen LogP contribution in [0.4, 0.5) is 5.69 Å². The monoisotopic (exact) mass is 263 g/mol. The summed E-state index contributed by atoms with van der Waals surface area (Å²) >= 11 is 0. The number of rotatable bonds is 1. The molecule has 0 fully saturated rings. The summed E-state index contributed by atoms with van der Waals surface area (Å²) in [5.74, 6) is 0.978. The molecular weight excluding hydrogens is 246 g/mol. The first-order chi connectivity index (χ1) is 9.66. The van der Waals surface area contributed by atoms with Crippen molar-refractivity contribution in [3.05, 3.63) is 48.5 Å². The molecule has 3 nitrogen and oxygen atoms in total. The van der Waals surface area contributed by atoms with Crippen LogP contribution in [0.1, 0.15) is 6.92 Å². The Bertz CT molecular complexity index is 750. The Kier molecular flexibility index (Phi) is 3.11. The Hall–Kier alpha value is -2.42. The van der Waals surface area contributed by atoms with Gasteiger partial charge < -0.3 is 4.90 Å². The van der Waals surface area contributed by atoms with Crippen molar-refractivity contribution in [3.8, 4) is 0 Å². The summed E-state index contributed by atoms with van der Waals surface area (Å²) < 4.78 is 0. The molecule has 0 spiro atoms. The third-order valence-corrected chi connectivity index (χ3v) is 3.48. The van der Waals surface area contributed by atoms with Crippen LogP contribution in [0.15, 0.2) is 53.5 Å². The molecule has 0 saturated carbocycles. The van der Waals surface area contributed by atoms with Crippen LogP contribution in [0.5, 0.6) is 0 Å². The van der Waals surface area contributed by atoms with Crippen molar-refractivity contribution < 1.29 is 0 Å². The van der Waals surface area contributed by atoms with Gasteiger partial charge in [0.1, 0.15) is 5.84 Å². The molecule has 1 aromatic heterocycles. The number of hydrogen-bond donors (Lipinski definition) is 0. The standard InChI is InChI=1S/C17H17N3/c1-12(20(2)3)18-17-13-8-4-6-10-15(13)19-16-11-7-5-9-14(16)17/h4-11H,1-3H3. The van der Waals surface area contributed by atoms with Crippen LogP contribution in [0.3, 0.4) is 0 Å². The van der Waals surface area contributed by atoms with E-state index in [0.29, 0.717) is 0 Å². The Labute approximate surface area is 118 Å². The second-order valence-electron chi connectivity index (χ2n) is 5.05. The van der Waals surface area contributed by atoms with Gasteiger partial charge in [0.05, 0.1) is 16.7 Å². The van der Waals surface area contributed by atoms with Gasteiger partial charge in [-0.1, -0.05) is 36.4 Å². The Balaban J connectivity index is 2.42. The molecule has 0 aliphatic heterocycles. The zero-order valence-corrected chi connectivity index (χ0v) is 12.0. The van der Waals surface area contributed by atoms with Crippen molar-refractivity contribution in [2.75, 3.05) is 14.1 Å². The maximum Gasteiger partial charge on any atom is 0.101 e. The fourth-order valence-corrected chi connectivity index (χ4v) is 2.20. The van der Waals surface area contributed by atoms with E-state index in [1.165, 1.54) is 0 Å². The zero-order chi connectivity index (χ0) is 14.1. The molecule has 0 aliphatic carbocycles. The van der Waals surface area contributed by atoms with Crippen LogP contribution in [0.25, 0.3) is 21.8 Å². The van der Waals surface area contributed by atoms with Gasteiger partial charge in [0.25, 0.3) is 0 Å². The van der Waals surface area contributed by atoms with Crippen LogP contribution in [-0.4, -0.2) is 29.8 Å². The molecule has 0 aliphatic rings. The van der Waals surface area contributed by atoms with Crippen LogP contribution in [0, 0.1) is 0 Å². The number of pyridine rings is 1. The first-order valence-corrected chi connectivity index (χ1v) is 6.67. The minimum absolute atomic E-state index is 0.978. The van der Waals surface area contributed by atoms with E-state index in [0.717, 1.165) is 33.3 Å². The highest BCUT2D eigenvalue weighted by atomic mass is 15.1. The van der Waals surface area contributed by atoms with Gasteiger partial charge in [-0.25, -0.2) is 9.98 Å². The number of fused-ring (bicyclic) bond motifs is 2. The lowest BCUT2D eigenvalue weighted by atomic mass is 10.1. The Morgan fingerprint density at radius 1 is 0.900 bits per heavy atom. The third kappa shape index (κ3) is 2.11. The molecule has 0 unspecified atom stereocenters. The summed E-state index contributed by atoms with van der Waals surface area (Å²) in [4.78, 5) is 11.5. The van der Waals surface area contributed by atoms with E-state index in [-0.39, 0.29) is 0 Å². The third-order valence-electron chi connectivity index (χ3n) is 3.48. The zero-order valence-electron chi connectivity index (χ0n) is 12.0. The minimum Gasteiger partial charge on any atom is -0.366 e. The van der Waals surface area contributed by atoms with Gasteiger partial charge in [0.15, 0.2) is 0 Å². The summed E-state index contributed by atoms with van der Waals surface area (Å²) in [6, 6.07) is 16.3. The fourth-order valence-electron chi connectivity index (χ4n) is 2.20. The van der Waals surface area contributed by atoms with E-state index < -0.39 is 0 Å². The van der Waals surface area contributed by atoms with Gasteiger partial charge in [0, 0.05) is 24.9 Å². The summed E-state index contributed by atoms with van der Waals surface area (Å²) in [6.45, 7) is 2.02. The van der Waals surface area contributed by atoms with Crippen LogP contribution < -0.4 is 0 Å². The number of para-hydroxylation sites is 2. The van der Waals surface area contributed by atoms with Crippen molar-refractivity contribution in [2.45, 2.75) is 6.92 Å². The molecule has 3 rings (SSSR count). The van der Waals surface area contributed by atoms with E-state index in [2.05, 4.69) is 12.1 Å². The fraction of sp³-hybridized carbons (Fsp3) is 0.176. The molecule has 0 bridgehead atoms. The van der Waals surface area contributed by atoms with Crippen molar-refractivity contribution >= 4 is 33.3 Å². The van der Waals surface area contributed by atoms with Gasteiger partial charge in [0.2, 0.25) is 0 Å². The number of benzene rings is 2. The maximum absolute atomic E-state index is 4.82. The second-order valence-corrected chi connectivity index (χ2v) is 5.05. The molecule has 0 radical (unpaired) electrons. The number of amidine groups is 1. The topological polar surface area (TPSA) is 28.5 Å². The van der Waals surface area contributed by atoms with Crippen LogP contribution in [-0.2, 0) is 0 Å². The van der Waals surface area contributed by atoms with Crippen molar-refractivity contribution in [1.82, 2.24) is 9.88 Å². The van der Waals surface area contributed by atoms with Gasteiger partial charge in [-0.3, -0.25) is 0 Å². The smallest absolute Gasteiger partial charge is 0.101 e. The summed E-state index contributed by atoms with van der Waals surface area (Å²) in [5, 5.41) is 2.18. The number of aliphatic imine (C=N–C) groups is 1. The summed E-state index contributed by atoms with van der Waals surface area (Å²) in [5.41, 5.74) is 2.96. The highest BCUT2D eigenvalue weighted by Gasteiger charge is 2.08. The van der Waals surface area contributed by atoms with Crippen molar-refractivity contribution in [2.24, 2.45) is 4.99 Å². The highest BCUT2D eigenvalue weighted by Crippen LogP contribution is 2.33. The molecule has 2 aromatic carbocycles. The van der Waals surface area contributed by atoms with Crippen molar-refractivity contribution in [3.63, 3.8) is 0 Å². The molecule has 1 heterocycles. The van der Waals surface area contributed by atoms with Gasteiger partial charge in [-0.05, 0) is 19.1 Å². The highest BCUT2D eigenvalue weighted by molar-refractivity contribution is 6.07. The van der Waals surface area contributed by atoms with Gasteiger partial charge in [-0.2, -0.15) is 0 Å². The lowest BCUT2D eigenvalue weighted by Gasteiger charge is -2.13. The lowest BCUT2D eigenvalue weighted by Crippen LogP contribution is -2.17. The quantitative estimate of drug-likeness (QED) is 0.377. The van der Waals surface area contributed by atoms with E-state index in [1.54, 1.807) is 0 Å². The maximum atomic E-state index is 4.82. The van der Waals surface area contributed by atoms with E-state index in [9.17, 15) is 0 Å². The largest absolute Gasteiger partial charge is 0.366 e. The molecule has 3 aromatic rings. The number of nitrogens with zero attached hydrogens (tertiary/aromatic N) is 3. The van der Waals surface area contributed by atoms with E-state index in [1.807, 2.05) is 62.3 Å². The van der Waals surface area contributed by atoms with E-state index >= 15 is 0 Å². The predicted molar refractivity (Wildman–Crippen MR) is 85.7 cm³/mol. The SMILES string of the molecule is CC(=Nc1c2ccccc2nc2ccccc12)N(C)C. The lowest BCUT2D eigenvalue weighted by molar-refractivity contribution is 0.619. The molecule has 0 saturated heterocycles. The minimum atomic E-state index is 0.978. The van der Waals surface area contributed by atoms with Crippen LogP contribution in [0.2, 0.25) is 0 Å². The van der Waals surface area contributed by atoms with Gasteiger partial charge in [-0.15, -0.1) is 0 Å². The van der Waals surface area contributed by atoms with Crippen molar-refractivity contribution in [1.29, 1.82) is 0 Å². The van der Waals surface area contributed by atoms with Crippen LogP contribution >= 0.6 is 0 Å². The molecule has 100 valence electrons. The molecule has 0 amide bonds. The van der Waals surface area contributed by atoms with Gasteiger partial charge >= 0.3 is 0 Å². The normalized spacial score (nSPS) is 12.1. The molecule has 0 atom stereocenters. The predicted octanol–water partition coefficient (Wildman–Crippen LogP) is 4.00. The summed E-state index contributed by atoms with van der Waals surface area (Å²) in [6.07, 6.45) is 0. The second kappa shape index (κ2) is 4.93. The average molecular weight is 263 g/mol. The Morgan fingerprint density at radius 3 is 1.90 bits per heavy atom. The first-order valence-electron chi connectivity index (χ1n) is 6.67. The molecular formula is C17H17N3. The number of hydrogen-bond acceptors (Lipinski definition) is 2.